The molecule has 98 valence electrons. The normalized spacial score (nSPS) is 13.5. The molecule has 1 N–H and O–H groups in total. The minimum absolute atomic E-state index is 0.118. The molecule has 0 fully saturated rings. The molecule has 1 aliphatic rings. The van der Waals surface area contributed by atoms with Crippen molar-refractivity contribution in [1.82, 2.24) is 9.55 Å². The fourth-order valence-electron chi connectivity index (χ4n) is 2.16. The van der Waals surface area contributed by atoms with Crippen LogP contribution in [0, 0.1) is 6.92 Å². The molecule has 0 saturated carbocycles. The lowest BCUT2D eigenvalue weighted by Gasteiger charge is -2.08. The van der Waals surface area contributed by atoms with Crippen LogP contribution in [0.15, 0.2) is 34.2 Å². The summed E-state index contributed by atoms with van der Waals surface area (Å²) in [6.45, 7) is 2.69. The molecule has 0 atom stereocenters. The summed E-state index contributed by atoms with van der Waals surface area (Å²) in [4.78, 5) is 16.4. The van der Waals surface area contributed by atoms with Gasteiger partial charge in [-0.15, -0.1) is 0 Å². The first-order valence-electron chi connectivity index (χ1n) is 6.16. The molecule has 4 nitrogen and oxygen atoms in total. The molecule has 0 unspecified atom stereocenters. The number of fused-ring (bicyclic) bond motifs is 1. The minimum atomic E-state index is -0.133. The van der Waals surface area contributed by atoms with E-state index in [1.165, 1.54) is 17.3 Å². The molecule has 0 radical (unpaired) electrons. The van der Waals surface area contributed by atoms with Crippen molar-refractivity contribution in [3.05, 3.63) is 51.3 Å². The van der Waals surface area contributed by atoms with E-state index < -0.39 is 0 Å². The second kappa shape index (κ2) is 4.74. The zero-order valence-corrected chi connectivity index (χ0v) is 11.4. The number of aryl methyl sites for hydroxylation is 1. The molecular formula is C14H14N2O2S. The molecule has 0 spiro atoms. The first-order chi connectivity index (χ1) is 9.15. The highest BCUT2D eigenvalue weighted by atomic mass is 32.2. The summed E-state index contributed by atoms with van der Waals surface area (Å²) in [5.74, 6) is 0.710. The van der Waals surface area contributed by atoms with Gasteiger partial charge in [-0.05, 0) is 12.5 Å². The molecule has 2 aromatic rings. The van der Waals surface area contributed by atoms with Crippen molar-refractivity contribution >= 4 is 11.8 Å². The number of hydrogen-bond donors (Lipinski definition) is 1. The third-order valence-corrected chi connectivity index (χ3v) is 4.21. The third-order valence-electron chi connectivity index (χ3n) is 3.25. The van der Waals surface area contributed by atoms with Crippen molar-refractivity contribution in [3.8, 4) is 5.88 Å². The van der Waals surface area contributed by atoms with Gasteiger partial charge in [0.25, 0.3) is 5.56 Å². The predicted octanol–water partition coefficient (Wildman–Crippen LogP) is 1.95. The molecular weight excluding hydrogens is 260 g/mol. The fourth-order valence-corrected chi connectivity index (χ4v) is 3.10. The second-order valence-corrected chi connectivity index (χ2v) is 5.73. The zero-order valence-electron chi connectivity index (χ0n) is 10.6. The lowest BCUT2D eigenvalue weighted by Crippen LogP contribution is -2.24. The van der Waals surface area contributed by atoms with Gasteiger partial charge < -0.3 is 5.11 Å². The summed E-state index contributed by atoms with van der Waals surface area (Å²) in [7, 11) is 0. The highest BCUT2D eigenvalue weighted by Crippen LogP contribution is 2.25. The quantitative estimate of drug-likeness (QED) is 0.851. The Bertz CT molecular complexity index is 677. The smallest absolute Gasteiger partial charge is 0.261 e. The number of aromatic nitrogens is 2. The van der Waals surface area contributed by atoms with Gasteiger partial charge in [0, 0.05) is 18.7 Å². The van der Waals surface area contributed by atoms with E-state index in [-0.39, 0.29) is 11.4 Å². The summed E-state index contributed by atoms with van der Waals surface area (Å²) in [5, 5.41) is 10.6. The van der Waals surface area contributed by atoms with Crippen LogP contribution in [0.4, 0.5) is 0 Å². The number of rotatable bonds is 2. The molecule has 19 heavy (non-hydrogen) atoms. The fraction of sp³-hybridized carbons (Fsp3) is 0.286. The zero-order chi connectivity index (χ0) is 13.4. The van der Waals surface area contributed by atoms with E-state index in [1.807, 2.05) is 31.2 Å². The van der Waals surface area contributed by atoms with E-state index in [1.54, 1.807) is 4.57 Å². The van der Waals surface area contributed by atoms with E-state index in [2.05, 4.69) is 4.98 Å². The Kier molecular flexibility index (Phi) is 3.06. The van der Waals surface area contributed by atoms with E-state index in [4.69, 9.17) is 0 Å². The highest BCUT2D eigenvalue weighted by molar-refractivity contribution is 7.99. The lowest BCUT2D eigenvalue weighted by atomic mass is 10.1. The molecule has 2 heterocycles. The Labute approximate surface area is 115 Å². The molecule has 1 aromatic heterocycles. The molecule has 1 aliphatic heterocycles. The van der Waals surface area contributed by atoms with Crippen LogP contribution < -0.4 is 5.56 Å². The van der Waals surface area contributed by atoms with Gasteiger partial charge in [0.15, 0.2) is 5.16 Å². The predicted molar refractivity (Wildman–Crippen MR) is 74.9 cm³/mol. The van der Waals surface area contributed by atoms with E-state index >= 15 is 0 Å². The van der Waals surface area contributed by atoms with E-state index in [9.17, 15) is 9.90 Å². The maximum Gasteiger partial charge on any atom is 0.261 e. The highest BCUT2D eigenvalue weighted by Gasteiger charge is 2.20. The molecule has 0 saturated heterocycles. The maximum atomic E-state index is 12.3. The summed E-state index contributed by atoms with van der Waals surface area (Å²) >= 11 is 1.51. The molecule has 0 bridgehead atoms. The van der Waals surface area contributed by atoms with Gasteiger partial charge in [0.1, 0.15) is 0 Å². The van der Waals surface area contributed by atoms with Gasteiger partial charge in [-0.2, -0.15) is 4.98 Å². The topological polar surface area (TPSA) is 55.1 Å². The number of hydrogen-bond acceptors (Lipinski definition) is 4. The van der Waals surface area contributed by atoms with Crippen LogP contribution >= 0.6 is 11.8 Å². The van der Waals surface area contributed by atoms with Crippen LogP contribution in [0.2, 0.25) is 0 Å². The van der Waals surface area contributed by atoms with Crippen molar-refractivity contribution in [2.45, 2.75) is 25.0 Å². The monoisotopic (exact) mass is 274 g/mol. The van der Waals surface area contributed by atoms with Gasteiger partial charge in [-0.3, -0.25) is 9.36 Å². The van der Waals surface area contributed by atoms with Crippen LogP contribution in [-0.2, 0) is 13.0 Å². The average Bonchev–Trinajstić information content (AvgIpc) is 2.85. The first kappa shape index (κ1) is 12.3. The minimum Gasteiger partial charge on any atom is -0.493 e. The van der Waals surface area contributed by atoms with Gasteiger partial charge in [-0.25, -0.2) is 0 Å². The summed E-state index contributed by atoms with van der Waals surface area (Å²) < 4.78 is 1.65. The number of aromatic hydroxyl groups is 1. The largest absolute Gasteiger partial charge is 0.493 e. The summed E-state index contributed by atoms with van der Waals surface area (Å²) in [6, 6.07) is 7.95. The van der Waals surface area contributed by atoms with Crippen LogP contribution in [0.25, 0.3) is 0 Å². The van der Waals surface area contributed by atoms with Crippen molar-refractivity contribution in [2.75, 3.05) is 5.75 Å². The number of nitrogens with zero attached hydrogens (tertiary/aromatic N) is 2. The van der Waals surface area contributed by atoms with Gasteiger partial charge >= 0.3 is 0 Å². The molecule has 1 aromatic carbocycles. The van der Waals surface area contributed by atoms with E-state index in [0.29, 0.717) is 23.7 Å². The Balaban J connectivity index is 2.02. The second-order valence-electron chi connectivity index (χ2n) is 4.66. The molecule has 0 aliphatic carbocycles. The Hall–Kier alpha value is -1.75. The number of thioether (sulfide) groups is 1. The van der Waals surface area contributed by atoms with Crippen LogP contribution in [0.5, 0.6) is 5.88 Å². The van der Waals surface area contributed by atoms with Crippen LogP contribution in [0.3, 0.4) is 0 Å². The Morgan fingerprint density at radius 3 is 2.84 bits per heavy atom. The summed E-state index contributed by atoms with van der Waals surface area (Å²) in [5.41, 5.74) is 2.45. The number of benzene rings is 1. The Morgan fingerprint density at radius 1 is 1.37 bits per heavy atom. The SMILES string of the molecule is Cc1ccc(Cc2c(O)nc3n(c2=O)CCS3)cc1. The molecule has 0 amide bonds. The Morgan fingerprint density at radius 2 is 2.11 bits per heavy atom. The molecule has 5 heteroatoms. The third kappa shape index (κ3) is 2.26. The van der Waals surface area contributed by atoms with Crippen LogP contribution in [0.1, 0.15) is 16.7 Å². The average molecular weight is 274 g/mol. The molecule has 3 rings (SSSR count). The van der Waals surface area contributed by atoms with Crippen molar-refractivity contribution < 1.29 is 5.11 Å². The van der Waals surface area contributed by atoms with Crippen molar-refractivity contribution in [3.63, 3.8) is 0 Å². The lowest BCUT2D eigenvalue weighted by molar-refractivity contribution is 0.428. The standard InChI is InChI=1S/C14H14N2O2S/c1-9-2-4-10(5-3-9)8-11-12(17)15-14-16(13(11)18)6-7-19-14/h2-5,17H,6-8H2,1H3. The summed E-state index contributed by atoms with van der Waals surface area (Å²) in [6.07, 6.45) is 0.420. The van der Waals surface area contributed by atoms with Crippen LogP contribution in [-0.4, -0.2) is 20.4 Å². The van der Waals surface area contributed by atoms with Gasteiger partial charge in [-0.1, -0.05) is 41.6 Å². The van der Waals surface area contributed by atoms with Crippen molar-refractivity contribution in [1.29, 1.82) is 0 Å². The van der Waals surface area contributed by atoms with Gasteiger partial charge in [0.05, 0.1) is 5.56 Å². The first-order valence-corrected chi connectivity index (χ1v) is 7.15. The van der Waals surface area contributed by atoms with Gasteiger partial charge in [0.2, 0.25) is 5.88 Å². The van der Waals surface area contributed by atoms with Crippen molar-refractivity contribution in [2.24, 2.45) is 0 Å². The maximum absolute atomic E-state index is 12.3. The van der Waals surface area contributed by atoms with E-state index in [0.717, 1.165) is 11.3 Å².